The Kier molecular flexibility index (Phi) is 4.83. The first kappa shape index (κ1) is 14.8. The summed E-state index contributed by atoms with van der Waals surface area (Å²) in [5.74, 6) is -1.11. The Bertz CT molecular complexity index is 521. The molecule has 0 radical (unpaired) electrons. The lowest BCUT2D eigenvalue weighted by molar-refractivity contribution is -0.143. The van der Waals surface area contributed by atoms with E-state index < -0.39 is 12.0 Å². The molecule has 1 amide bonds. The third-order valence-electron chi connectivity index (χ3n) is 3.21. The number of carbonyl (C=O) groups is 2. The van der Waals surface area contributed by atoms with E-state index in [1.807, 2.05) is 12.1 Å². The molecule has 1 aromatic rings. The Morgan fingerprint density at radius 3 is 2.79 bits per heavy atom. The number of likely N-dealkylation sites (tertiary alicyclic amines) is 1. The normalized spacial score (nSPS) is 19.3. The van der Waals surface area contributed by atoms with Crippen LogP contribution in [0.3, 0.4) is 0 Å². The number of carboxylic acids is 1. The molecule has 2 rings (SSSR count). The fourth-order valence-electron chi connectivity index (χ4n) is 2.25. The molecule has 0 bridgehead atoms. The van der Waals surface area contributed by atoms with E-state index in [9.17, 15) is 14.7 Å². The quantitative estimate of drug-likeness (QED) is 0.723. The van der Waals surface area contributed by atoms with Crippen LogP contribution < -0.4 is 0 Å². The highest BCUT2D eigenvalue weighted by molar-refractivity contribution is 14.1. The molecule has 0 aromatic heterocycles. The highest BCUT2D eigenvalue weighted by Gasteiger charge is 2.33. The molecule has 1 aliphatic heterocycles. The number of carbonyl (C=O) groups excluding carboxylic acids is 1. The van der Waals surface area contributed by atoms with E-state index in [0.29, 0.717) is 18.5 Å². The second-order valence-electron chi connectivity index (χ2n) is 4.47. The van der Waals surface area contributed by atoms with E-state index >= 15 is 0 Å². The van der Waals surface area contributed by atoms with Gasteiger partial charge in [-0.15, -0.1) is 0 Å². The molecule has 4 nitrogen and oxygen atoms in total. The van der Waals surface area contributed by atoms with Gasteiger partial charge in [0.2, 0.25) is 0 Å². The standard InChI is InChI=1S/C13H13BrINO3/c14-8-4-5-10(15)9(7-8)12(17)16-6-2-1-3-11(16)13(18)19/h4-5,7,11H,1-3,6H2,(H,18,19)/t11-/m1/s1. The first-order chi connectivity index (χ1) is 9.00. The summed E-state index contributed by atoms with van der Waals surface area (Å²) in [5.41, 5.74) is 0.558. The third-order valence-corrected chi connectivity index (χ3v) is 4.64. The number of aliphatic carboxylic acids is 1. The third kappa shape index (κ3) is 3.28. The van der Waals surface area contributed by atoms with Gasteiger partial charge < -0.3 is 10.0 Å². The number of amides is 1. The Balaban J connectivity index is 2.31. The van der Waals surface area contributed by atoms with Crippen molar-refractivity contribution in [3.05, 3.63) is 31.8 Å². The molecule has 1 heterocycles. The predicted octanol–water partition coefficient (Wildman–Crippen LogP) is 3.13. The fourth-order valence-corrected chi connectivity index (χ4v) is 3.17. The van der Waals surface area contributed by atoms with Gasteiger partial charge in [0.1, 0.15) is 6.04 Å². The predicted molar refractivity (Wildman–Crippen MR) is 83.2 cm³/mol. The van der Waals surface area contributed by atoms with Gasteiger partial charge in [0, 0.05) is 14.6 Å². The van der Waals surface area contributed by atoms with Crippen LogP contribution in [0.25, 0.3) is 0 Å². The maximum atomic E-state index is 12.5. The number of halogens is 2. The van der Waals surface area contributed by atoms with Crippen LogP contribution in [0, 0.1) is 3.57 Å². The van der Waals surface area contributed by atoms with Crippen molar-refractivity contribution in [2.45, 2.75) is 25.3 Å². The van der Waals surface area contributed by atoms with E-state index in [0.717, 1.165) is 20.9 Å². The minimum Gasteiger partial charge on any atom is -0.480 e. The van der Waals surface area contributed by atoms with E-state index in [4.69, 9.17) is 0 Å². The van der Waals surface area contributed by atoms with Crippen molar-refractivity contribution in [1.82, 2.24) is 4.90 Å². The molecule has 102 valence electrons. The Hall–Kier alpha value is -0.630. The van der Waals surface area contributed by atoms with Gasteiger partial charge in [-0.3, -0.25) is 4.79 Å². The summed E-state index contributed by atoms with van der Waals surface area (Å²) < 4.78 is 1.65. The lowest BCUT2D eigenvalue weighted by atomic mass is 10.0. The van der Waals surface area contributed by atoms with Crippen LogP contribution in [0.15, 0.2) is 22.7 Å². The molecule has 6 heteroatoms. The molecule has 1 aromatic carbocycles. The molecular formula is C13H13BrINO3. The van der Waals surface area contributed by atoms with Gasteiger partial charge in [-0.1, -0.05) is 15.9 Å². The molecule has 1 aliphatic rings. The topological polar surface area (TPSA) is 57.6 Å². The molecule has 1 N–H and O–H groups in total. The molecule has 1 fully saturated rings. The lowest BCUT2D eigenvalue weighted by Gasteiger charge is -2.33. The van der Waals surface area contributed by atoms with Crippen molar-refractivity contribution in [2.24, 2.45) is 0 Å². The van der Waals surface area contributed by atoms with Gasteiger partial charge in [-0.05, 0) is 60.1 Å². The number of rotatable bonds is 2. The molecule has 1 atom stereocenters. The average Bonchev–Trinajstić information content (AvgIpc) is 2.40. The van der Waals surface area contributed by atoms with Crippen LogP contribution in [-0.4, -0.2) is 34.5 Å². The summed E-state index contributed by atoms with van der Waals surface area (Å²) in [4.78, 5) is 25.3. The molecule has 19 heavy (non-hydrogen) atoms. The fraction of sp³-hybridized carbons (Fsp3) is 0.385. The van der Waals surface area contributed by atoms with Gasteiger partial charge in [0.25, 0.3) is 5.91 Å². The van der Waals surface area contributed by atoms with Crippen molar-refractivity contribution in [3.63, 3.8) is 0 Å². The molecule has 0 unspecified atom stereocenters. The van der Waals surface area contributed by atoms with E-state index in [1.165, 1.54) is 4.90 Å². The summed E-state index contributed by atoms with van der Waals surface area (Å²) in [6, 6.07) is 4.76. The van der Waals surface area contributed by atoms with Crippen molar-refractivity contribution in [3.8, 4) is 0 Å². The highest BCUT2D eigenvalue weighted by Crippen LogP contribution is 2.24. The summed E-state index contributed by atoms with van der Waals surface area (Å²) in [7, 11) is 0. The smallest absolute Gasteiger partial charge is 0.326 e. The minimum atomic E-state index is -0.918. The maximum absolute atomic E-state index is 12.5. The molecular weight excluding hydrogens is 425 g/mol. The number of hydrogen-bond acceptors (Lipinski definition) is 2. The van der Waals surface area contributed by atoms with Gasteiger partial charge >= 0.3 is 5.97 Å². The Morgan fingerprint density at radius 2 is 2.11 bits per heavy atom. The zero-order valence-electron chi connectivity index (χ0n) is 10.1. The van der Waals surface area contributed by atoms with Crippen LogP contribution in [0.1, 0.15) is 29.6 Å². The summed E-state index contributed by atoms with van der Waals surface area (Å²) in [5, 5.41) is 9.22. The first-order valence-corrected chi connectivity index (χ1v) is 7.86. The zero-order chi connectivity index (χ0) is 14.0. The average molecular weight is 438 g/mol. The zero-order valence-corrected chi connectivity index (χ0v) is 13.8. The number of carboxylic acid groups (broad SMARTS) is 1. The van der Waals surface area contributed by atoms with Crippen LogP contribution in [0.5, 0.6) is 0 Å². The summed E-state index contributed by atoms with van der Waals surface area (Å²) in [6.45, 7) is 0.512. The molecule has 0 aliphatic carbocycles. The number of nitrogens with zero attached hydrogens (tertiary/aromatic N) is 1. The second-order valence-corrected chi connectivity index (χ2v) is 6.55. The van der Waals surface area contributed by atoms with Crippen LogP contribution in [0.2, 0.25) is 0 Å². The van der Waals surface area contributed by atoms with Crippen LogP contribution in [0.4, 0.5) is 0 Å². The van der Waals surface area contributed by atoms with Gasteiger partial charge in [-0.25, -0.2) is 4.79 Å². The maximum Gasteiger partial charge on any atom is 0.326 e. The largest absolute Gasteiger partial charge is 0.480 e. The molecule has 0 saturated carbocycles. The minimum absolute atomic E-state index is 0.196. The van der Waals surface area contributed by atoms with Crippen LogP contribution >= 0.6 is 38.5 Å². The monoisotopic (exact) mass is 437 g/mol. The van der Waals surface area contributed by atoms with Crippen molar-refractivity contribution >= 4 is 50.4 Å². The summed E-state index contributed by atoms with van der Waals surface area (Å²) in [6.07, 6.45) is 2.25. The lowest BCUT2D eigenvalue weighted by Crippen LogP contribution is -2.48. The SMILES string of the molecule is O=C(O)[C@H]1CCCCN1C(=O)c1cc(Br)ccc1I. The first-order valence-electron chi connectivity index (χ1n) is 5.99. The number of benzene rings is 1. The molecule has 1 saturated heterocycles. The number of piperidine rings is 1. The van der Waals surface area contributed by atoms with E-state index in [1.54, 1.807) is 6.07 Å². The Labute approximate surface area is 133 Å². The number of hydrogen-bond donors (Lipinski definition) is 1. The van der Waals surface area contributed by atoms with Gasteiger partial charge in [-0.2, -0.15) is 0 Å². The Morgan fingerprint density at radius 1 is 1.37 bits per heavy atom. The van der Waals surface area contributed by atoms with E-state index in [-0.39, 0.29) is 5.91 Å². The van der Waals surface area contributed by atoms with Crippen molar-refractivity contribution in [2.75, 3.05) is 6.54 Å². The second kappa shape index (κ2) is 6.21. The van der Waals surface area contributed by atoms with Gasteiger partial charge in [0.15, 0.2) is 0 Å². The summed E-state index contributed by atoms with van der Waals surface area (Å²) >= 11 is 5.44. The highest BCUT2D eigenvalue weighted by atomic mass is 127. The van der Waals surface area contributed by atoms with Crippen molar-refractivity contribution in [1.29, 1.82) is 0 Å². The van der Waals surface area contributed by atoms with Crippen LogP contribution in [-0.2, 0) is 4.79 Å². The van der Waals surface area contributed by atoms with Gasteiger partial charge in [0.05, 0.1) is 5.56 Å². The van der Waals surface area contributed by atoms with E-state index in [2.05, 4.69) is 38.5 Å². The molecule has 0 spiro atoms. The van der Waals surface area contributed by atoms with Crippen molar-refractivity contribution < 1.29 is 14.7 Å².